The fourth-order valence-electron chi connectivity index (χ4n) is 4.36. The molecule has 0 aromatic heterocycles. The van der Waals surface area contributed by atoms with Crippen molar-refractivity contribution in [2.75, 3.05) is 25.4 Å². The quantitative estimate of drug-likeness (QED) is 0.645. The van der Waals surface area contributed by atoms with Gasteiger partial charge >= 0.3 is 5.97 Å². The van der Waals surface area contributed by atoms with Crippen LogP contribution in [-0.2, 0) is 9.53 Å². The molecule has 0 radical (unpaired) electrons. The molecule has 2 atom stereocenters. The Morgan fingerprint density at radius 3 is 2.55 bits per heavy atom. The molecular weight excluding hydrogens is 404 g/mol. The van der Waals surface area contributed by atoms with Crippen LogP contribution >= 0.6 is 23.5 Å². The summed E-state index contributed by atoms with van der Waals surface area (Å²) in [5.41, 5.74) is 4.69. The van der Waals surface area contributed by atoms with Crippen molar-refractivity contribution in [1.29, 1.82) is 0 Å². The molecule has 2 aromatic rings. The van der Waals surface area contributed by atoms with Gasteiger partial charge in [0.15, 0.2) is 11.5 Å². The highest BCUT2D eigenvalue weighted by Gasteiger charge is 2.50. The van der Waals surface area contributed by atoms with Gasteiger partial charge in [-0.25, -0.2) is 0 Å². The maximum Gasteiger partial charge on any atom is 0.313 e. The molecule has 0 N–H and O–H groups in total. The van der Waals surface area contributed by atoms with Gasteiger partial charge < -0.3 is 14.2 Å². The van der Waals surface area contributed by atoms with Gasteiger partial charge in [-0.3, -0.25) is 4.79 Å². The Morgan fingerprint density at radius 2 is 1.79 bits per heavy atom. The molecule has 1 saturated heterocycles. The number of hydrogen-bond donors (Lipinski definition) is 0. The van der Waals surface area contributed by atoms with Gasteiger partial charge in [0.2, 0.25) is 6.79 Å². The first-order valence-electron chi connectivity index (χ1n) is 9.78. The smallest absolute Gasteiger partial charge is 0.313 e. The predicted molar refractivity (Wildman–Crippen MR) is 117 cm³/mol. The molecule has 0 bridgehead atoms. The van der Waals surface area contributed by atoms with Crippen LogP contribution in [0.4, 0.5) is 0 Å². The van der Waals surface area contributed by atoms with Crippen LogP contribution in [0.1, 0.15) is 23.5 Å². The van der Waals surface area contributed by atoms with Gasteiger partial charge in [0.1, 0.15) is 0 Å². The van der Waals surface area contributed by atoms with Crippen LogP contribution in [0.5, 0.6) is 11.5 Å². The largest absolute Gasteiger partial charge is 0.469 e. The third-order valence-electron chi connectivity index (χ3n) is 5.67. The van der Waals surface area contributed by atoms with Gasteiger partial charge in [-0.15, -0.1) is 23.5 Å². The third kappa shape index (κ3) is 3.32. The fourth-order valence-corrected chi connectivity index (χ4v) is 7.46. The monoisotopic (exact) mass is 426 g/mol. The van der Waals surface area contributed by atoms with Gasteiger partial charge in [-0.05, 0) is 52.3 Å². The second-order valence-electron chi connectivity index (χ2n) is 7.25. The number of carbonyl (C=O) groups excluding carboxylic acids is 1. The van der Waals surface area contributed by atoms with E-state index < -0.39 is 0 Å². The minimum Gasteiger partial charge on any atom is -0.469 e. The zero-order valence-corrected chi connectivity index (χ0v) is 17.8. The number of esters is 1. The van der Waals surface area contributed by atoms with Crippen LogP contribution < -0.4 is 9.47 Å². The molecule has 29 heavy (non-hydrogen) atoms. The van der Waals surface area contributed by atoms with E-state index in [1.165, 1.54) is 24.7 Å². The first-order valence-corrected chi connectivity index (χ1v) is 11.9. The second-order valence-corrected chi connectivity index (χ2v) is 9.98. The van der Waals surface area contributed by atoms with E-state index in [0.29, 0.717) is 0 Å². The molecule has 1 fully saturated rings. The zero-order valence-electron chi connectivity index (χ0n) is 16.1. The summed E-state index contributed by atoms with van der Waals surface area (Å²) < 4.78 is 16.7. The van der Waals surface area contributed by atoms with Crippen molar-refractivity contribution in [2.45, 2.75) is 16.9 Å². The van der Waals surface area contributed by atoms with Gasteiger partial charge in [0.05, 0.1) is 17.6 Å². The molecule has 5 rings (SSSR count). The van der Waals surface area contributed by atoms with E-state index in [0.717, 1.165) is 34.1 Å². The summed E-state index contributed by atoms with van der Waals surface area (Å²) in [6.07, 6.45) is 1.21. The number of carbonyl (C=O) groups is 1. The summed E-state index contributed by atoms with van der Waals surface area (Å²) in [6, 6.07) is 16.4. The number of allylic oxidation sites excluding steroid dienone is 1. The van der Waals surface area contributed by atoms with Crippen LogP contribution in [0.2, 0.25) is 0 Å². The van der Waals surface area contributed by atoms with E-state index in [1.807, 2.05) is 47.8 Å². The minimum absolute atomic E-state index is 0.0119. The van der Waals surface area contributed by atoms with Crippen molar-refractivity contribution >= 4 is 35.1 Å². The van der Waals surface area contributed by atoms with E-state index in [4.69, 9.17) is 14.2 Å². The summed E-state index contributed by atoms with van der Waals surface area (Å²) in [5.74, 6) is 3.39. The number of fused-ring (bicyclic) bond motifs is 1. The van der Waals surface area contributed by atoms with Gasteiger partial charge in [-0.2, -0.15) is 0 Å². The summed E-state index contributed by atoms with van der Waals surface area (Å²) in [6.45, 7) is 0.256. The molecule has 6 heteroatoms. The predicted octanol–water partition coefficient (Wildman–Crippen LogP) is 4.95. The maximum atomic E-state index is 12.9. The molecule has 3 aliphatic rings. The molecule has 2 heterocycles. The summed E-state index contributed by atoms with van der Waals surface area (Å²) >= 11 is 3.88. The standard InChI is InChI=1S/C23H22O4S2/c1-25-22(24)20-18(14-6-3-2-4-7-14)19(21(20)23-28-10-5-11-29-23)15-8-9-16-17(12-15)27-13-26-16/h2-4,6-9,12,18,20,23H,5,10-11,13H2,1H3/t18-,20+/m1/s1. The van der Waals surface area contributed by atoms with Crippen molar-refractivity contribution < 1.29 is 19.0 Å². The topological polar surface area (TPSA) is 44.8 Å². The van der Waals surface area contributed by atoms with E-state index in [1.54, 1.807) is 0 Å². The number of hydrogen-bond acceptors (Lipinski definition) is 6. The Hall–Kier alpha value is -2.05. The Balaban J connectivity index is 1.66. The Kier molecular flexibility index (Phi) is 5.22. The molecular formula is C23H22O4S2. The highest BCUT2D eigenvalue weighted by molar-refractivity contribution is 8.17. The van der Waals surface area contributed by atoms with E-state index in [9.17, 15) is 4.79 Å². The lowest BCUT2D eigenvalue weighted by atomic mass is 9.63. The van der Waals surface area contributed by atoms with Crippen molar-refractivity contribution in [2.24, 2.45) is 5.92 Å². The molecule has 0 unspecified atom stereocenters. The summed E-state index contributed by atoms with van der Waals surface area (Å²) in [5, 5.41) is 0. The van der Waals surface area contributed by atoms with Crippen molar-refractivity contribution in [3.8, 4) is 11.5 Å². The number of methoxy groups -OCH3 is 1. The van der Waals surface area contributed by atoms with Gasteiger partial charge in [-0.1, -0.05) is 36.4 Å². The summed E-state index contributed by atoms with van der Waals surface area (Å²) in [4.78, 5) is 12.9. The van der Waals surface area contributed by atoms with Crippen molar-refractivity contribution in [3.05, 3.63) is 65.2 Å². The van der Waals surface area contributed by atoms with E-state index in [-0.39, 0.29) is 29.2 Å². The second kappa shape index (κ2) is 8.00. The van der Waals surface area contributed by atoms with Crippen LogP contribution in [-0.4, -0.2) is 36.0 Å². The number of ether oxygens (including phenoxy) is 3. The molecule has 2 aliphatic heterocycles. The number of thioether (sulfide) groups is 2. The fraction of sp³-hybridized carbons (Fsp3) is 0.348. The normalized spacial score (nSPS) is 23.6. The Morgan fingerprint density at radius 1 is 1.03 bits per heavy atom. The van der Waals surface area contributed by atoms with Crippen LogP contribution in [0.3, 0.4) is 0 Å². The van der Waals surface area contributed by atoms with Gasteiger partial charge in [0, 0.05) is 5.92 Å². The average molecular weight is 427 g/mol. The highest BCUT2D eigenvalue weighted by Crippen LogP contribution is 2.59. The lowest BCUT2D eigenvalue weighted by Crippen LogP contribution is -2.39. The number of rotatable bonds is 4. The zero-order chi connectivity index (χ0) is 19.8. The van der Waals surface area contributed by atoms with E-state index >= 15 is 0 Å². The third-order valence-corrected chi connectivity index (χ3v) is 8.65. The van der Waals surface area contributed by atoms with Crippen molar-refractivity contribution in [3.63, 3.8) is 0 Å². The first-order chi connectivity index (χ1) is 14.3. The molecule has 0 saturated carbocycles. The average Bonchev–Trinajstić information content (AvgIpc) is 3.22. The van der Waals surface area contributed by atoms with E-state index in [2.05, 4.69) is 24.3 Å². The number of benzene rings is 2. The van der Waals surface area contributed by atoms with Crippen LogP contribution in [0, 0.1) is 5.92 Å². The molecule has 0 amide bonds. The first kappa shape index (κ1) is 18.9. The Bertz CT molecular complexity index is 951. The maximum absolute atomic E-state index is 12.9. The molecule has 4 nitrogen and oxygen atoms in total. The highest BCUT2D eigenvalue weighted by atomic mass is 32.2. The molecule has 1 aliphatic carbocycles. The lowest BCUT2D eigenvalue weighted by Gasteiger charge is -2.44. The van der Waals surface area contributed by atoms with Crippen LogP contribution in [0.25, 0.3) is 5.57 Å². The lowest BCUT2D eigenvalue weighted by molar-refractivity contribution is -0.144. The minimum atomic E-state index is -0.245. The summed E-state index contributed by atoms with van der Waals surface area (Å²) in [7, 11) is 1.49. The molecule has 2 aromatic carbocycles. The van der Waals surface area contributed by atoms with Crippen LogP contribution in [0.15, 0.2) is 54.1 Å². The molecule has 150 valence electrons. The van der Waals surface area contributed by atoms with Crippen molar-refractivity contribution in [1.82, 2.24) is 0 Å². The SMILES string of the molecule is COC(=O)[C@@H]1C(C2SCCCS2)=C(c2ccc3c(c2)OCO3)[C@H]1c1ccccc1. The van der Waals surface area contributed by atoms with Gasteiger partial charge in [0.25, 0.3) is 0 Å². The Labute approximate surface area is 179 Å². The molecule has 0 spiro atoms.